The predicted octanol–water partition coefficient (Wildman–Crippen LogP) is 4.45. The molecule has 1 amide bonds. The number of halogens is 1. The van der Waals surface area contributed by atoms with Gasteiger partial charge in [-0.15, -0.1) is 24.0 Å². The van der Waals surface area contributed by atoms with E-state index in [4.69, 9.17) is 0 Å². The molecule has 2 N–H and O–H groups in total. The summed E-state index contributed by atoms with van der Waals surface area (Å²) in [4.78, 5) is 18.1. The highest BCUT2D eigenvalue weighted by Gasteiger charge is 2.21. The zero-order chi connectivity index (χ0) is 20.1. The summed E-state index contributed by atoms with van der Waals surface area (Å²) in [7, 11) is 1.78. The molecule has 0 spiro atoms. The van der Waals surface area contributed by atoms with Gasteiger partial charge in [-0.2, -0.15) is 0 Å². The van der Waals surface area contributed by atoms with E-state index in [0.717, 1.165) is 30.2 Å². The summed E-state index contributed by atoms with van der Waals surface area (Å²) in [5, 5.41) is 9.25. The normalized spacial score (nSPS) is 14.0. The largest absolute Gasteiger partial charge is 0.352 e. The molecule has 3 aromatic rings. The van der Waals surface area contributed by atoms with Crippen molar-refractivity contribution in [3.05, 3.63) is 77.9 Å². The molecule has 0 aliphatic carbocycles. The summed E-state index contributed by atoms with van der Waals surface area (Å²) < 4.78 is 0. The summed E-state index contributed by atoms with van der Waals surface area (Å²) in [6, 6.07) is 22.9. The van der Waals surface area contributed by atoms with Crippen LogP contribution in [0.3, 0.4) is 0 Å². The Labute approximate surface area is 194 Å². The second-order valence-corrected chi connectivity index (χ2v) is 7.23. The van der Waals surface area contributed by atoms with Gasteiger partial charge in [-0.25, -0.2) is 0 Å². The molecule has 1 heterocycles. The number of carbonyl (C=O) groups excluding carboxylic acids is 1. The number of guanidine groups is 1. The molecule has 6 heteroatoms. The molecule has 1 aliphatic heterocycles. The van der Waals surface area contributed by atoms with Gasteiger partial charge in [0.1, 0.15) is 0 Å². The first-order chi connectivity index (χ1) is 14.2. The average molecular weight is 514 g/mol. The van der Waals surface area contributed by atoms with E-state index in [0.29, 0.717) is 19.5 Å². The second kappa shape index (κ2) is 10.4. The van der Waals surface area contributed by atoms with Crippen molar-refractivity contribution in [2.24, 2.45) is 4.99 Å². The van der Waals surface area contributed by atoms with Crippen molar-refractivity contribution >= 4 is 52.3 Å². The third kappa shape index (κ3) is 5.11. The third-order valence-electron chi connectivity index (χ3n) is 5.33. The zero-order valence-electron chi connectivity index (χ0n) is 17.1. The molecule has 1 saturated heterocycles. The summed E-state index contributed by atoms with van der Waals surface area (Å²) in [5.74, 6) is 0.977. The smallest absolute Gasteiger partial charge is 0.227 e. The Hall–Kier alpha value is -2.61. The number of anilines is 1. The standard InChI is InChI=1S/C24H26N4O.HI/c1-25-24(27-17-20-8-4-7-19-6-2-3-9-22(19)20)26-16-18-11-13-21(14-12-18)28-15-5-10-23(28)29;/h2-4,6-9,11-14H,5,10,15-17H2,1H3,(H2,25,26,27);1H. The van der Waals surface area contributed by atoms with Crippen molar-refractivity contribution in [2.75, 3.05) is 18.5 Å². The summed E-state index contributed by atoms with van der Waals surface area (Å²) in [6.07, 6.45) is 1.60. The lowest BCUT2D eigenvalue weighted by atomic mass is 10.0. The zero-order valence-corrected chi connectivity index (χ0v) is 19.4. The molecule has 4 rings (SSSR count). The van der Waals surface area contributed by atoms with E-state index < -0.39 is 0 Å². The van der Waals surface area contributed by atoms with E-state index in [-0.39, 0.29) is 29.9 Å². The average Bonchev–Trinajstić information content (AvgIpc) is 3.20. The molecule has 0 atom stereocenters. The monoisotopic (exact) mass is 514 g/mol. The molecule has 0 unspecified atom stereocenters. The Morgan fingerprint density at radius 2 is 1.70 bits per heavy atom. The van der Waals surface area contributed by atoms with Crippen LogP contribution in [0.4, 0.5) is 5.69 Å². The van der Waals surface area contributed by atoms with Crippen LogP contribution in [0.1, 0.15) is 24.0 Å². The first-order valence-corrected chi connectivity index (χ1v) is 10.0. The lowest BCUT2D eigenvalue weighted by Crippen LogP contribution is -2.36. The topological polar surface area (TPSA) is 56.7 Å². The van der Waals surface area contributed by atoms with E-state index >= 15 is 0 Å². The van der Waals surface area contributed by atoms with E-state index in [1.807, 2.05) is 17.0 Å². The number of rotatable bonds is 5. The maximum Gasteiger partial charge on any atom is 0.227 e. The fourth-order valence-electron chi connectivity index (χ4n) is 3.75. The van der Waals surface area contributed by atoms with Crippen LogP contribution in [0.15, 0.2) is 71.7 Å². The maximum atomic E-state index is 11.9. The van der Waals surface area contributed by atoms with Gasteiger partial charge in [0.05, 0.1) is 0 Å². The van der Waals surface area contributed by atoms with Crippen LogP contribution in [-0.2, 0) is 17.9 Å². The second-order valence-electron chi connectivity index (χ2n) is 7.23. The van der Waals surface area contributed by atoms with Crippen LogP contribution < -0.4 is 15.5 Å². The number of fused-ring (bicyclic) bond motifs is 1. The fraction of sp³-hybridized carbons (Fsp3) is 0.250. The Balaban J connectivity index is 0.00000256. The molecule has 156 valence electrons. The summed E-state index contributed by atoms with van der Waals surface area (Å²) in [6.45, 7) is 2.20. The Morgan fingerprint density at radius 3 is 2.43 bits per heavy atom. The molecule has 5 nitrogen and oxygen atoms in total. The first kappa shape index (κ1) is 22.1. The van der Waals surface area contributed by atoms with Crippen LogP contribution >= 0.6 is 24.0 Å². The van der Waals surface area contributed by atoms with Crippen molar-refractivity contribution in [3.63, 3.8) is 0 Å². The highest BCUT2D eigenvalue weighted by Crippen LogP contribution is 2.21. The Kier molecular flexibility index (Phi) is 7.68. The molecular formula is C24H27IN4O. The number of nitrogens with zero attached hydrogens (tertiary/aromatic N) is 2. The van der Waals surface area contributed by atoms with Crippen LogP contribution in [0.5, 0.6) is 0 Å². The molecule has 0 aromatic heterocycles. The minimum atomic E-state index is 0. The number of amides is 1. The van der Waals surface area contributed by atoms with Gasteiger partial charge in [-0.05, 0) is 40.5 Å². The molecule has 1 fully saturated rings. The summed E-state index contributed by atoms with van der Waals surface area (Å²) in [5.41, 5.74) is 3.37. The minimum Gasteiger partial charge on any atom is -0.352 e. The van der Waals surface area contributed by atoms with E-state index in [1.165, 1.54) is 16.3 Å². The SMILES string of the molecule is CN=C(NCc1ccc(N2CCCC2=O)cc1)NCc1cccc2ccccc12.I. The molecular weight excluding hydrogens is 487 g/mol. The van der Waals surface area contributed by atoms with Crippen molar-refractivity contribution in [2.45, 2.75) is 25.9 Å². The molecule has 0 radical (unpaired) electrons. The first-order valence-electron chi connectivity index (χ1n) is 10.0. The maximum absolute atomic E-state index is 11.9. The van der Waals surface area contributed by atoms with Gasteiger partial charge in [0.15, 0.2) is 5.96 Å². The molecule has 3 aromatic carbocycles. The Morgan fingerprint density at radius 1 is 0.967 bits per heavy atom. The Bertz CT molecular complexity index is 1030. The number of nitrogens with one attached hydrogen (secondary N) is 2. The predicted molar refractivity (Wildman–Crippen MR) is 134 cm³/mol. The molecule has 30 heavy (non-hydrogen) atoms. The van der Waals surface area contributed by atoms with E-state index in [1.54, 1.807) is 7.05 Å². The van der Waals surface area contributed by atoms with Crippen molar-refractivity contribution in [1.29, 1.82) is 0 Å². The number of benzene rings is 3. The van der Waals surface area contributed by atoms with Gasteiger partial charge in [0.2, 0.25) is 5.91 Å². The number of hydrogen-bond acceptors (Lipinski definition) is 2. The van der Waals surface area contributed by atoms with Gasteiger partial charge in [-0.1, -0.05) is 54.6 Å². The van der Waals surface area contributed by atoms with E-state index in [9.17, 15) is 4.79 Å². The summed E-state index contributed by atoms with van der Waals surface area (Å²) >= 11 is 0. The van der Waals surface area contributed by atoms with Gasteiger partial charge in [0, 0.05) is 38.8 Å². The van der Waals surface area contributed by atoms with Crippen molar-refractivity contribution in [3.8, 4) is 0 Å². The van der Waals surface area contributed by atoms with Crippen LogP contribution in [-0.4, -0.2) is 25.5 Å². The number of hydrogen-bond donors (Lipinski definition) is 2. The van der Waals surface area contributed by atoms with E-state index in [2.05, 4.69) is 70.2 Å². The molecule has 0 bridgehead atoms. The van der Waals surface area contributed by atoms with Gasteiger partial charge >= 0.3 is 0 Å². The number of carbonyl (C=O) groups is 1. The van der Waals surface area contributed by atoms with Crippen LogP contribution in [0, 0.1) is 0 Å². The van der Waals surface area contributed by atoms with Gasteiger partial charge in [0.25, 0.3) is 0 Å². The lowest BCUT2D eigenvalue weighted by molar-refractivity contribution is -0.117. The van der Waals surface area contributed by atoms with Gasteiger partial charge < -0.3 is 15.5 Å². The van der Waals surface area contributed by atoms with Gasteiger partial charge in [-0.3, -0.25) is 9.79 Å². The minimum absolute atomic E-state index is 0. The van der Waals surface area contributed by atoms with Crippen molar-refractivity contribution in [1.82, 2.24) is 10.6 Å². The quantitative estimate of drug-likeness (QED) is 0.301. The molecule has 0 saturated carbocycles. The fourth-order valence-corrected chi connectivity index (χ4v) is 3.75. The van der Waals surface area contributed by atoms with Crippen LogP contribution in [0.25, 0.3) is 10.8 Å². The molecule has 1 aliphatic rings. The highest BCUT2D eigenvalue weighted by molar-refractivity contribution is 14.0. The third-order valence-corrected chi connectivity index (χ3v) is 5.33. The van der Waals surface area contributed by atoms with Crippen LogP contribution in [0.2, 0.25) is 0 Å². The lowest BCUT2D eigenvalue weighted by Gasteiger charge is -2.16. The van der Waals surface area contributed by atoms with Crippen molar-refractivity contribution < 1.29 is 4.79 Å². The number of aliphatic imine (C=N–C) groups is 1. The highest BCUT2D eigenvalue weighted by atomic mass is 127.